The monoisotopic (exact) mass is 346 g/mol. The molecule has 126 valence electrons. The van der Waals surface area contributed by atoms with E-state index >= 15 is 0 Å². The van der Waals surface area contributed by atoms with Gasteiger partial charge in [-0.15, -0.1) is 0 Å². The van der Waals surface area contributed by atoms with Gasteiger partial charge in [-0.25, -0.2) is 9.97 Å². The summed E-state index contributed by atoms with van der Waals surface area (Å²) in [5.74, 6) is 0.688. The molecule has 1 aromatic carbocycles. The van der Waals surface area contributed by atoms with Crippen molar-refractivity contribution in [3.05, 3.63) is 34.7 Å². The molecule has 24 heavy (non-hydrogen) atoms. The van der Waals surface area contributed by atoms with Crippen LogP contribution in [0.2, 0.25) is 5.02 Å². The summed E-state index contributed by atoms with van der Waals surface area (Å²) in [6.45, 7) is 2.23. The van der Waals surface area contributed by atoms with Gasteiger partial charge >= 0.3 is 5.97 Å². The molecule has 0 N–H and O–H groups in total. The van der Waals surface area contributed by atoms with E-state index in [9.17, 15) is 9.59 Å². The van der Waals surface area contributed by atoms with Crippen LogP contribution in [-0.4, -0.2) is 28.8 Å². The number of esters is 1. The van der Waals surface area contributed by atoms with E-state index in [4.69, 9.17) is 16.3 Å². The Labute approximate surface area is 145 Å². The molecule has 1 aliphatic carbocycles. The van der Waals surface area contributed by atoms with E-state index in [0.717, 1.165) is 37.5 Å². The van der Waals surface area contributed by atoms with Crippen LogP contribution < -0.4 is 0 Å². The van der Waals surface area contributed by atoms with Crippen molar-refractivity contribution in [1.82, 2.24) is 9.97 Å². The Morgan fingerprint density at radius 3 is 2.71 bits per heavy atom. The van der Waals surface area contributed by atoms with E-state index in [1.807, 2.05) is 6.92 Å². The fraction of sp³-hybridized carbons (Fsp3) is 0.444. The lowest BCUT2D eigenvalue weighted by atomic mass is 9.81. The van der Waals surface area contributed by atoms with Gasteiger partial charge < -0.3 is 4.74 Å². The van der Waals surface area contributed by atoms with Crippen LogP contribution in [-0.2, 0) is 9.53 Å². The van der Waals surface area contributed by atoms with Gasteiger partial charge in [-0.3, -0.25) is 9.59 Å². The van der Waals surface area contributed by atoms with Gasteiger partial charge in [-0.2, -0.15) is 0 Å². The minimum absolute atomic E-state index is 0.0361. The molecule has 0 aliphatic heterocycles. The highest BCUT2D eigenvalue weighted by Gasteiger charge is 2.29. The molecular weight excluding hydrogens is 328 g/mol. The Morgan fingerprint density at radius 1 is 1.29 bits per heavy atom. The number of hydrogen-bond acceptors (Lipinski definition) is 5. The number of carbonyl (C=O) groups excluding carboxylic acids is 2. The summed E-state index contributed by atoms with van der Waals surface area (Å²) in [6, 6.07) is 5.27. The number of aldehydes is 1. The van der Waals surface area contributed by atoms with E-state index in [-0.39, 0.29) is 17.8 Å². The van der Waals surface area contributed by atoms with Crippen LogP contribution in [0.5, 0.6) is 0 Å². The average Bonchev–Trinajstić information content (AvgIpc) is 2.61. The zero-order valence-electron chi connectivity index (χ0n) is 13.5. The highest BCUT2D eigenvalue weighted by atomic mass is 35.5. The molecule has 0 radical (unpaired) electrons. The van der Waals surface area contributed by atoms with Gasteiger partial charge in [-0.05, 0) is 50.8 Å². The second-order valence-electron chi connectivity index (χ2n) is 6.05. The first kappa shape index (κ1) is 16.8. The van der Waals surface area contributed by atoms with Crippen LogP contribution in [0.15, 0.2) is 18.2 Å². The van der Waals surface area contributed by atoms with Gasteiger partial charge in [0, 0.05) is 16.3 Å². The van der Waals surface area contributed by atoms with Crippen molar-refractivity contribution in [2.75, 3.05) is 6.61 Å². The third kappa shape index (κ3) is 3.41. The fourth-order valence-corrected chi connectivity index (χ4v) is 3.43. The Morgan fingerprint density at radius 2 is 2.04 bits per heavy atom. The van der Waals surface area contributed by atoms with E-state index in [1.165, 1.54) is 0 Å². The SMILES string of the molecule is CCOC(=O)C1CCC(c2nc(C=O)c3cc(Cl)ccc3n2)CC1. The van der Waals surface area contributed by atoms with Crippen LogP contribution in [0, 0.1) is 5.92 Å². The summed E-state index contributed by atoms with van der Waals surface area (Å²) in [5, 5.41) is 1.22. The van der Waals surface area contributed by atoms with Crippen molar-refractivity contribution in [1.29, 1.82) is 0 Å². The Bertz CT molecular complexity index is 770. The lowest BCUT2D eigenvalue weighted by Gasteiger charge is -2.26. The first-order chi connectivity index (χ1) is 11.6. The number of halogens is 1. The molecular formula is C18H19ClN2O3. The van der Waals surface area contributed by atoms with Crippen LogP contribution in [0.1, 0.15) is 54.8 Å². The summed E-state index contributed by atoms with van der Waals surface area (Å²) < 4.78 is 5.10. The van der Waals surface area contributed by atoms with Gasteiger partial charge in [0.15, 0.2) is 6.29 Å². The minimum atomic E-state index is -0.112. The third-order valence-electron chi connectivity index (χ3n) is 4.53. The van der Waals surface area contributed by atoms with Crippen LogP contribution in [0.25, 0.3) is 10.9 Å². The second kappa shape index (κ2) is 7.26. The van der Waals surface area contributed by atoms with Crippen molar-refractivity contribution in [3.63, 3.8) is 0 Å². The van der Waals surface area contributed by atoms with E-state index in [2.05, 4.69) is 9.97 Å². The van der Waals surface area contributed by atoms with Crippen molar-refractivity contribution in [2.24, 2.45) is 5.92 Å². The number of hydrogen-bond donors (Lipinski definition) is 0. The van der Waals surface area contributed by atoms with E-state index in [0.29, 0.717) is 28.5 Å². The largest absolute Gasteiger partial charge is 0.466 e. The second-order valence-corrected chi connectivity index (χ2v) is 6.48. The maximum Gasteiger partial charge on any atom is 0.308 e. The zero-order chi connectivity index (χ0) is 17.1. The fourth-order valence-electron chi connectivity index (χ4n) is 3.26. The van der Waals surface area contributed by atoms with Gasteiger partial charge in [0.1, 0.15) is 11.5 Å². The number of carbonyl (C=O) groups is 2. The normalized spacial score (nSPS) is 20.8. The highest BCUT2D eigenvalue weighted by molar-refractivity contribution is 6.31. The summed E-state index contributed by atoms with van der Waals surface area (Å²) in [5.41, 5.74) is 1.09. The van der Waals surface area contributed by atoms with Crippen LogP contribution in [0.3, 0.4) is 0 Å². The Balaban J connectivity index is 1.82. The van der Waals surface area contributed by atoms with Gasteiger partial charge in [-0.1, -0.05) is 11.6 Å². The Kier molecular flexibility index (Phi) is 5.09. The molecule has 1 heterocycles. The summed E-state index contributed by atoms with van der Waals surface area (Å²) in [4.78, 5) is 32.3. The van der Waals surface area contributed by atoms with Crippen molar-refractivity contribution in [2.45, 2.75) is 38.5 Å². The van der Waals surface area contributed by atoms with Crippen molar-refractivity contribution >= 4 is 34.8 Å². The Hall–Kier alpha value is -2.01. The number of fused-ring (bicyclic) bond motifs is 1. The molecule has 0 atom stereocenters. The van der Waals surface area contributed by atoms with Crippen molar-refractivity contribution in [3.8, 4) is 0 Å². The van der Waals surface area contributed by atoms with Crippen molar-refractivity contribution < 1.29 is 14.3 Å². The number of rotatable bonds is 4. The summed E-state index contributed by atoms with van der Waals surface area (Å²) in [7, 11) is 0. The van der Waals surface area contributed by atoms with Gasteiger partial charge in [0.25, 0.3) is 0 Å². The standard InChI is InChI=1S/C18H19ClN2O3/c1-2-24-18(23)12-5-3-11(4-6-12)17-20-15-8-7-13(19)9-14(15)16(10-22)21-17/h7-12H,2-6H2,1H3. The predicted octanol–water partition coefficient (Wildman–Crippen LogP) is 3.93. The number of benzene rings is 1. The van der Waals surface area contributed by atoms with E-state index in [1.54, 1.807) is 18.2 Å². The third-order valence-corrected chi connectivity index (χ3v) is 4.76. The maximum atomic E-state index is 11.8. The molecule has 0 spiro atoms. The molecule has 0 unspecified atom stereocenters. The first-order valence-electron chi connectivity index (χ1n) is 8.21. The molecule has 0 amide bonds. The highest BCUT2D eigenvalue weighted by Crippen LogP contribution is 2.35. The minimum Gasteiger partial charge on any atom is -0.466 e. The number of ether oxygens (including phenoxy) is 1. The molecule has 0 bridgehead atoms. The quantitative estimate of drug-likeness (QED) is 0.619. The average molecular weight is 347 g/mol. The zero-order valence-corrected chi connectivity index (χ0v) is 14.3. The van der Waals surface area contributed by atoms with Crippen LogP contribution in [0.4, 0.5) is 0 Å². The topological polar surface area (TPSA) is 69.2 Å². The molecule has 0 saturated heterocycles. The summed E-state index contributed by atoms with van der Waals surface area (Å²) in [6.07, 6.45) is 3.92. The number of aromatic nitrogens is 2. The predicted molar refractivity (Wildman–Crippen MR) is 91.3 cm³/mol. The van der Waals surface area contributed by atoms with Gasteiger partial charge in [0.05, 0.1) is 18.0 Å². The van der Waals surface area contributed by atoms with E-state index < -0.39 is 0 Å². The lowest BCUT2D eigenvalue weighted by Crippen LogP contribution is -2.24. The number of nitrogens with zero attached hydrogens (tertiary/aromatic N) is 2. The molecule has 3 rings (SSSR count). The molecule has 5 nitrogen and oxygen atoms in total. The molecule has 1 saturated carbocycles. The van der Waals surface area contributed by atoms with Crippen LogP contribution >= 0.6 is 11.6 Å². The lowest BCUT2D eigenvalue weighted by molar-refractivity contribution is -0.149. The van der Waals surface area contributed by atoms with Gasteiger partial charge in [0.2, 0.25) is 0 Å². The molecule has 1 fully saturated rings. The molecule has 2 aromatic rings. The molecule has 6 heteroatoms. The summed E-state index contributed by atoms with van der Waals surface area (Å²) >= 11 is 5.99. The maximum absolute atomic E-state index is 11.8. The molecule has 1 aliphatic rings. The first-order valence-corrected chi connectivity index (χ1v) is 8.59. The molecule has 1 aromatic heterocycles. The smallest absolute Gasteiger partial charge is 0.308 e.